The molecule has 2 aromatic heterocycles. The number of carboxylic acid groups (broad SMARTS) is 1. The van der Waals surface area contributed by atoms with Crippen molar-refractivity contribution in [3.05, 3.63) is 59.5 Å². The summed E-state index contributed by atoms with van der Waals surface area (Å²) in [5.41, 5.74) is 2.94. The minimum Gasteiger partial charge on any atom is -0.492 e. The summed E-state index contributed by atoms with van der Waals surface area (Å²) in [6, 6.07) is 11.2. The summed E-state index contributed by atoms with van der Waals surface area (Å²) in [6.45, 7) is 3.78. The number of hydrogen-bond acceptors (Lipinski definition) is 4. The Morgan fingerprint density at radius 1 is 1.27 bits per heavy atom. The van der Waals surface area contributed by atoms with Gasteiger partial charge in [-0.25, -0.2) is 4.79 Å². The molecule has 0 aliphatic carbocycles. The SMILES string of the molecule is Cc1cc(OCCN(C)C)cc2cc(C(=O)O)n(Cc3ccccn3)c12. The maximum absolute atomic E-state index is 11.7. The molecule has 136 valence electrons. The van der Waals surface area contributed by atoms with Crippen LogP contribution in [0.15, 0.2) is 42.6 Å². The lowest BCUT2D eigenvalue weighted by atomic mass is 10.1. The number of likely N-dealkylation sites (N-methyl/N-ethyl adjacent to an activating group) is 1. The molecule has 26 heavy (non-hydrogen) atoms. The van der Waals surface area contributed by atoms with Crippen LogP contribution in [0, 0.1) is 6.92 Å². The molecule has 0 unspecified atom stereocenters. The van der Waals surface area contributed by atoms with Crippen LogP contribution in [0.4, 0.5) is 0 Å². The standard InChI is InChI=1S/C20H23N3O3/c1-14-10-17(26-9-8-22(2)3)11-15-12-18(20(24)25)23(19(14)15)13-16-6-4-5-7-21-16/h4-7,10-12H,8-9,13H2,1-3H3,(H,24,25). The largest absolute Gasteiger partial charge is 0.492 e. The highest BCUT2D eigenvalue weighted by molar-refractivity contribution is 5.96. The quantitative estimate of drug-likeness (QED) is 0.707. The Labute approximate surface area is 152 Å². The number of aromatic nitrogens is 2. The van der Waals surface area contributed by atoms with Crippen LogP contribution in [0.2, 0.25) is 0 Å². The fourth-order valence-corrected chi connectivity index (χ4v) is 3.02. The van der Waals surface area contributed by atoms with E-state index in [1.807, 2.05) is 51.4 Å². The van der Waals surface area contributed by atoms with Crippen LogP contribution < -0.4 is 4.74 Å². The van der Waals surface area contributed by atoms with Gasteiger partial charge >= 0.3 is 5.97 Å². The summed E-state index contributed by atoms with van der Waals surface area (Å²) in [4.78, 5) is 18.1. The Hall–Kier alpha value is -2.86. The molecule has 0 saturated carbocycles. The zero-order chi connectivity index (χ0) is 18.7. The molecule has 0 fully saturated rings. The summed E-state index contributed by atoms with van der Waals surface area (Å²) in [6.07, 6.45) is 1.71. The second-order valence-electron chi connectivity index (χ2n) is 6.57. The smallest absolute Gasteiger partial charge is 0.352 e. The van der Waals surface area contributed by atoms with E-state index in [9.17, 15) is 9.90 Å². The van der Waals surface area contributed by atoms with Crippen LogP contribution in [0.5, 0.6) is 5.75 Å². The first-order chi connectivity index (χ1) is 12.5. The van der Waals surface area contributed by atoms with Crippen molar-refractivity contribution in [3.63, 3.8) is 0 Å². The molecule has 0 spiro atoms. The van der Waals surface area contributed by atoms with Crippen LogP contribution in [-0.4, -0.2) is 52.8 Å². The third-order valence-corrected chi connectivity index (χ3v) is 4.23. The van der Waals surface area contributed by atoms with Gasteiger partial charge in [0.15, 0.2) is 0 Å². The molecule has 0 radical (unpaired) electrons. The van der Waals surface area contributed by atoms with Crippen molar-refractivity contribution in [3.8, 4) is 5.75 Å². The van der Waals surface area contributed by atoms with Gasteiger partial charge in [-0.1, -0.05) is 6.07 Å². The van der Waals surface area contributed by atoms with E-state index in [0.29, 0.717) is 13.2 Å². The van der Waals surface area contributed by atoms with Crippen molar-refractivity contribution in [2.24, 2.45) is 0 Å². The second kappa shape index (κ2) is 7.58. The van der Waals surface area contributed by atoms with Gasteiger partial charge in [0, 0.05) is 18.1 Å². The Balaban J connectivity index is 2.00. The monoisotopic (exact) mass is 353 g/mol. The van der Waals surface area contributed by atoms with E-state index < -0.39 is 5.97 Å². The fraction of sp³-hybridized carbons (Fsp3) is 0.300. The zero-order valence-corrected chi connectivity index (χ0v) is 15.3. The van der Waals surface area contributed by atoms with E-state index in [-0.39, 0.29) is 5.69 Å². The van der Waals surface area contributed by atoms with Crippen molar-refractivity contribution >= 4 is 16.9 Å². The molecule has 3 rings (SSSR count). The predicted molar refractivity (Wildman–Crippen MR) is 101 cm³/mol. The van der Waals surface area contributed by atoms with Crippen LogP contribution in [0.25, 0.3) is 10.9 Å². The van der Waals surface area contributed by atoms with Crippen LogP contribution in [-0.2, 0) is 6.54 Å². The lowest BCUT2D eigenvalue weighted by molar-refractivity contribution is 0.0686. The van der Waals surface area contributed by atoms with Crippen molar-refractivity contribution in [2.45, 2.75) is 13.5 Å². The first kappa shape index (κ1) is 17.9. The number of ether oxygens (including phenoxy) is 1. The van der Waals surface area contributed by atoms with E-state index >= 15 is 0 Å². The number of benzene rings is 1. The number of carbonyl (C=O) groups is 1. The Morgan fingerprint density at radius 2 is 2.08 bits per heavy atom. The summed E-state index contributed by atoms with van der Waals surface area (Å²) in [5, 5.41) is 10.5. The minimum absolute atomic E-state index is 0.249. The number of rotatable bonds is 7. The molecule has 0 aliphatic rings. The molecule has 6 heteroatoms. The topological polar surface area (TPSA) is 67.6 Å². The van der Waals surface area contributed by atoms with Crippen molar-refractivity contribution in [1.29, 1.82) is 0 Å². The van der Waals surface area contributed by atoms with Gasteiger partial charge in [0.05, 0.1) is 17.8 Å². The summed E-state index contributed by atoms with van der Waals surface area (Å²) in [5.74, 6) is -0.199. The molecule has 0 bridgehead atoms. The van der Waals surface area contributed by atoms with E-state index in [0.717, 1.165) is 34.5 Å². The second-order valence-corrected chi connectivity index (χ2v) is 6.57. The average Bonchev–Trinajstić information content (AvgIpc) is 2.94. The van der Waals surface area contributed by atoms with Crippen LogP contribution in [0.3, 0.4) is 0 Å². The normalized spacial score (nSPS) is 11.2. The number of carboxylic acids is 1. The van der Waals surface area contributed by atoms with Crippen LogP contribution >= 0.6 is 0 Å². The number of aromatic carboxylic acids is 1. The zero-order valence-electron chi connectivity index (χ0n) is 15.3. The summed E-state index contributed by atoms with van der Waals surface area (Å²) >= 11 is 0. The lowest BCUT2D eigenvalue weighted by Gasteiger charge is -2.13. The average molecular weight is 353 g/mol. The number of pyridine rings is 1. The highest BCUT2D eigenvalue weighted by Crippen LogP contribution is 2.29. The maximum atomic E-state index is 11.7. The van der Waals surface area contributed by atoms with Crippen LogP contribution in [0.1, 0.15) is 21.7 Å². The third-order valence-electron chi connectivity index (χ3n) is 4.23. The molecule has 0 atom stereocenters. The van der Waals surface area contributed by atoms with Crippen molar-refractivity contribution in [1.82, 2.24) is 14.5 Å². The van der Waals surface area contributed by atoms with Gasteiger partial charge in [0.2, 0.25) is 0 Å². The molecule has 1 N–H and O–H groups in total. The number of aryl methyl sites for hydroxylation is 1. The first-order valence-corrected chi connectivity index (χ1v) is 8.50. The molecule has 0 amide bonds. The van der Waals surface area contributed by atoms with E-state index in [2.05, 4.69) is 9.88 Å². The van der Waals surface area contributed by atoms with E-state index in [1.165, 1.54) is 0 Å². The number of fused-ring (bicyclic) bond motifs is 1. The van der Waals surface area contributed by atoms with Crippen molar-refractivity contribution < 1.29 is 14.6 Å². The Bertz CT molecular complexity index is 917. The lowest BCUT2D eigenvalue weighted by Crippen LogP contribution is -2.19. The maximum Gasteiger partial charge on any atom is 0.352 e. The highest BCUT2D eigenvalue weighted by atomic mass is 16.5. The Kier molecular flexibility index (Phi) is 5.23. The van der Waals surface area contributed by atoms with Gasteiger partial charge in [-0.05, 0) is 56.9 Å². The predicted octanol–water partition coefficient (Wildman–Crippen LogP) is 3.03. The molecular weight excluding hydrogens is 330 g/mol. The van der Waals surface area contributed by atoms with E-state index in [1.54, 1.807) is 16.8 Å². The van der Waals surface area contributed by atoms with Gasteiger partial charge < -0.3 is 19.3 Å². The molecule has 1 aromatic carbocycles. The number of nitrogens with zero attached hydrogens (tertiary/aromatic N) is 3. The first-order valence-electron chi connectivity index (χ1n) is 8.50. The molecule has 0 aliphatic heterocycles. The number of hydrogen-bond donors (Lipinski definition) is 1. The van der Waals surface area contributed by atoms with E-state index in [4.69, 9.17) is 4.74 Å². The summed E-state index contributed by atoms with van der Waals surface area (Å²) < 4.78 is 7.63. The molecule has 2 heterocycles. The van der Waals surface area contributed by atoms with Gasteiger partial charge in [0.1, 0.15) is 18.1 Å². The molecule has 0 saturated heterocycles. The van der Waals surface area contributed by atoms with Gasteiger partial charge in [0.25, 0.3) is 0 Å². The minimum atomic E-state index is -0.952. The highest BCUT2D eigenvalue weighted by Gasteiger charge is 2.17. The van der Waals surface area contributed by atoms with Gasteiger partial charge in [-0.15, -0.1) is 0 Å². The molecule has 6 nitrogen and oxygen atoms in total. The molecule has 3 aromatic rings. The van der Waals surface area contributed by atoms with Crippen molar-refractivity contribution in [2.75, 3.05) is 27.2 Å². The fourth-order valence-electron chi connectivity index (χ4n) is 3.02. The van der Waals surface area contributed by atoms with Gasteiger partial charge in [-0.2, -0.15) is 0 Å². The van der Waals surface area contributed by atoms with Gasteiger partial charge in [-0.3, -0.25) is 4.98 Å². The molecular formula is C20H23N3O3. The Morgan fingerprint density at radius 3 is 2.73 bits per heavy atom. The summed E-state index contributed by atoms with van der Waals surface area (Å²) in [7, 11) is 3.99. The third kappa shape index (κ3) is 3.86.